The molecule has 3 heteroatoms. The van der Waals surface area contributed by atoms with Crippen LogP contribution in [-0.2, 0) is 4.57 Å². The Morgan fingerprint density at radius 2 is 1.67 bits per heavy atom. The summed E-state index contributed by atoms with van der Waals surface area (Å²) in [5.41, 5.74) is 0. The average molecular weight is 149 g/mol. The second-order valence-corrected chi connectivity index (χ2v) is 6.98. The maximum absolute atomic E-state index is 11.4. The highest BCUT2D eigenvalue weighted by Crippen LogP contribution is 2.48. The van der Waals surface area contributed by atoms with E-state index < -0.39 is 7.14 Å². The quantitative estimate of drug-likeness (QED) is 0.604. The Kier molecular flexibility index (Phi) is 2.48. The van der Waals surface area contributed by atoms with Crippen LogP contribution in [0.2, 0.25) is 0 Å². The van der Waals surface area contributed by atoms with Crippen molar-refractivity contribution in [1.29, 1.82) is 0 Å². The zero-order chi connectivity index (χ0) is 7.71. The van der Waals surface area contributed by atoms with Gasteiger partial charge in [0.1, 0.15) is 7.14 Å². The van der Waals surface area contributed by atoms with E-state index in [9.17, 15) is 4.57 Å². The molecule has 0 aromatic rings. The van der Waals surface area contributed by atoms with Gasteiger partial charge in [-0.05, 0) is 34.2 Å². The molecular weight excluding hydrogens is 133 g/mol. The van der Waals surface area contributed by atoms with Crippen LogP contribution < -0.4 is 5.32 Å². The molecule has 0 bridgehead atoms. The van der Waals surface area contributed by atoms with E-state index in [2.05, 4.69) is 5.32 Å². The fourth-order valence-electron chi connectivity index (χ4n) is 0.269. The van der Waals surface area contributed by atoms with Crippen molar-refractivity contribution in [2.75, 3.05) is 20.4 Å². The summed E-state index contributed by atoms with van der Waals surface area (Å²) in [6.07, 6.45) is 0. The van der Waals surface area contributed by atoms with E-state index in [1.54, 1.807) is 13.3 Å². The van der Waals surface area contributed by atoms with Crippen LogP contribution in [0.15, 0.2) is 0 Å². The van der Waals surface area contributed by atoms with Crippen LogP contribution in [0.3, 0.4) is 0 Å². The number of hydrogen-bond donors (Lipinski definition) is 1. The summed E-state index contributed by atoms with van der Waals surface area (Å²) in [5.74, 6) is 0. The molecule has 56 valence electrons. The summed E-state index contributed by atoms with van der Waals surface area (Å²) in [5, 5.41) is 2.80. The number of hydrogen-bond acceptors (Lipinski definition) is 2. The highest BCUT2D eigenvalue weighted by molar-refractivity contribution is 7.63. The van der Waals surface area contributed by atoms with Gasteiger partial charge in [0.15, 0.2) is 0 Å². The molecule has 0 aromatic heterocycles. The highest BCUT2D eigenvalue weighted by atomic mass is 31.2. The molecule has 2 nitrogen and oxygen atoms in total. The maximum Gasteiger partial charge on any atom is 0.100 e. The lowest BCUT2D eigenvalue weighted by molar-refractivity contribution is 0.515. The Balaban J connectivity index is 4.34. The third-order valence-electron chi connectivity index (χ3n) is 1.96. The fourth-order valence-corrected chi connectivity index (χ4v) is 0.808. The first kappa shape index (κ1) is 9.19. The van der Waals surface area contributed by atoms with Crippen LogP contribution in [0.4, 0.5) is 0 Å². The van der Waals surface area contributed by atoms with Gasteiger partial charge in [-0.1, -0.05) is 0 Å². The van der Waals surface area contributed by atoms with E-state index in [-0.39, 0.29) is 5.28 Å². The van der Waals surface area contributed by atoms with E-state index >= 15 is 0 Å². The lowest BCUT2D eigenvalue weighted by Gasteiger charge is -2.28. The van der Waals surface area contributed by atoms with Crippen molar-refractivity contribution >= 4 is 7.14 Å². The molecule has 1 N–H and O–H groups in total. The van der Waals surface area contributed by atoms with Crippen molar-refractivity contribution in [2.45, 2.75) is 19.1 Å². The van der Waals surface area contributed by atoms with Gasteiger partial charge in [0.05, 0.1) is 5.28 Å². The van der Waals surface area contributed by atoms with Crippen molar-refractivity contribution in [2.24, 2.45) is 0 Å². The Labute approximate surface area is 57.4 Å². The Hall–Kier alpha value is 0.190. The zero-order valence-corrected chi connectivity index (χ0v) is 7.75. The minimum atomic E-state index is -1.98. The van der Waals surface area contributed by atoms with E-state index in [1.165, 1.54) is 0 Å². The predicted molar refractivity (Wildman–Crippen MR) is 42.6 cm³/mol. The largest absolute Gasteiger partial charge is 0.322 e. The highest BCUT2D eigenvalue weighted by Gasteiger charge is 2.29. The molecular formula is C6H16NOP. The van der Waals surface area contributed by atoms with Crippen LogP contribution in [0.1, 0.15) is 13.8 Å². The van der Waals surface area contributed by atoms with Crippen LogP contribution >= 0.6 is 7.14 Å². The van der Waals surface area contributed by atoms with Gasteiger partial charge in [-0.25, -0.2) is 0 Å². The molecule has 9 heavy (non-hydrogen) atoms. The number of nitrogens with one attached hydrogen (secondary N) is 1. The first-order valence-electron chi connectivity index (χ1n) is 3.05. The molecule has 0 saturated carbocycles. The predicted octanol–water partition coefficient (Wildman–Crippen LogP) is 1.56. The molecule has 0 spiro atoms. The summed E-state index contributed by atoms with van der Waals surface area (Å²) in [7, 11) is -0.147. The smallest absolute Gasteiger partial charge is 0.100 e. The lowest BCUT2D eigenvalue weighted by Crippen LogP contribution is -2.35. The van der Waals surface area contributed by atoms with Crippen LogP contribution in [0.5, 0.6) is 0 Å². The Morgan fingerprint density at radius 3 is 1.67 bits per heavy atom. The molecule has 0 atom stereocenters. The molecule has 0 aromatic carbocycles. The fraction of sp³-hybridized carbons (Fsp3) is 1.00. The SMILES string of the molecule is CNC(C)(C)P(C)(C)=O. The summed E-state index contributed by atoms with van der Waals surface area (Å²) in [4.78, 5) is 0. The summed E-state index contributed by atoms with van der Waals surface area (Å²) < 4.78 is 11.4. The van der Waals surface area contributed by atoms with Crippen LogP contribution in [-0.4, -0.2) is 25.7 Å². The van der Waals surface area contributed by atoms with Crippen molar-refractivity contribution in [3.63, 3.8) is 0 Å². The first-order valence-corrected chi connectivity index (χ1v) is 5.65. The van der Waals surface area contributed by atoms with E-state index in [4.69, 9.17) is 0 Å². The van der Waals surface area contributed by atoms with Crippen molar-refractivity contribution < 1.29 is 4.57 Å². The van der Waals surface area contributed by atoms with E-state index in [0.29, 0.717) is 0 Å². The van der Waals surface area contributed by atoms with Gasteiger partial charge < -0.3 is 9.88 Å². The standard InChI is InChI=1S/C6H16NOP/c1-6(2,7-3)9(4,5)8/h7H,1-5H3. The Morgan fingerprint density at radius 1 is 1.33 bits per heavy atom. The maximum atomic E-state index is 11.4. The Bertz CT molecular complexity index is 136. The molecule has 0 unspecified atom stereocenters. The van der Waals surface area contributed by atoms with E-state index in [0.717, 1.165) is 0 Å². The molecule has 0 rings (SSSR count). The third kappa shape index (κ3) is 2.11. The molecule has 0 aliphatic rings. The second kappa shape index (κ2) is 2.43. The van der Waals surface area contributed by atoms with Crippen LogP contribution in [0.25, 0.3) is 0 Å². The summed E-state index contributed by atoms with van der Waals surface area (Å²) in [6.45, 7) is 7.49. The topological polar surface area (TPSA) is 29.1 Å². The van der Waals surface area contributed by atoms with Gasteiger partial charge in [0.2, 0.25) is 0 Å². The molecule has 0 heterocycles. The van der Waals surface area contributed by atoms with Gasteiger partial charge in [-0.3, -0.25) is 0 Å². The van der Waals surface area contributed by atoms with Crippen molar-refractivity contribution in [3.8, 4) is 0 Å². The third-order valence-corrected chi connectivity index (χ3v) is 4.87. The first-order chi connectivity index (χ1) is 3.81. The normalized spacial score (nSPS) is 13.9. The number of rotatable bonds is 2. The molecule has 0 aliphatic carbocycles. The van der Waals surface area contributed by atoms with Gasteiger partial charge in [-0.2, -0.15) is 0 Å². The molecule has 0 aliphatic heterocycles. The van der Waals surface area contributed by atoms with E-state index in [1.807, 2.05) is 20.9 Å². The molecule has 0 amide bonds. The van der Waals surface area contributed by atoms with Gasteiger partial charge in [-0.15, -0.1) is 0 Å². The summed E-state index contributed by atoms with van der Waals surface area (Å²) >= 11 is 0. The average Bonchev–Trinajstić information content (AvgIpc) is 1.64. The zero-order valence-electron chi connectivity index (χ0n) is 6.86. The lowest BCUT2D eigenvalue weighted by atomic mass is 10.4. The molecule has 0 saturated heterocycles. The molecule has 0 radical (unpaired) electrons. The minimum Gasteiger partial charge on any atom is -0.322 e. The monoisotopic (exact) mass is 149 g/mol. The summed E-state index contributed by atoms with van der Waals surface area (Å²) in [6, 6.07) is 0. The van der Waals surface area contributed by atoms with Gasteiger partial charge in [0.25, 0.3) is 0 Å². The van der Waals surface area contributed by atoms with Crippen LogP contribution in [0, 0.1) is 0 Å². The second-order valence-electron chi connectivity index (χ2n) is 3.16. The minimum absolute atomic E-state index is 0.215. The van der Waals surface area contributed by atoms with Gasteiger partial charge >= 0.3 is 0 Å². The van der Waals surface area contributed by atoms with Gasteiger partial charge in [0, 0.05) is 0 Å². The van der Waals surface area contributed by atoms with Crippen molar-refractivity contribution in [3.05, 3.63) is 0 Å². The molecule has 0 fully saturated rings. The van der Waals surface area contributed by atoms with Crippen molar-refractivity contribution in [1.82, 2.24) is 5.32 Å².